The minimum atomic E-state index is -0.155. The molecule has 2 N–H and O–H groups in total. The van der Waals surface area contributed by atoms with E-state index in [4.69, 9.17) is 4.74 Å². The van der Waals surface area contributed by atoms with Gasteiger partial charge < -0.3 is 10.1 Å². The largest absolute Gasteiger partial charge is 0.497 e. The van der Waals surface area contributed by atoms with Crippen molar-refractivity contribution in [2.45, 2.75) is 32.9 Å². The Kier molecular flexibility index (Phi) is 5.11. The van der Waals surface area contributed by atoms with E-state index in [9.17, 15) is 4.79 Å². The van der Waals surface area contributed by atoms with E-state index >= 15 is 0 Å². The average Bonchev–Trinajstić information content (AvgIpc) is 2.53. The molecule has 21 heavy (non-hydrogen) atoms. The summed E-state index contributed by atoms with van der Waals surface area (Å²) in [6.07, 6.45) is 1.02. The number of H-pyrrole nitrogens is 1. The molecule has 0 fully saturated rings. The lowest BCUT2D eigenvalue weighted by molar-refractivity contribution is 0.415. The Hall–Kier alpha value is -2.14. The lowest BCUT2D eigenvalue weighted by atomic mass is 10.1. The van der Waals surface area contributed by atoms with Crippen LogP contribution in [0.25, 0.3) is 11.3 Å². The highest BCUT2D eigenvalue weighted by molar-refractivity contribution is 5.61. The molecule has 0 amide bonds. The Labute approximate surface area is 124 Å². The molecule has 5 nitrogen and oxygen atoms in total. The number of hydrogen-bond donors (Lipinski definition) is 2. The molecule has 0 aliphatic heterocycles. The van der Waals surface area contributed by atoms with Crippen molar-refractivity contribution in [3.8, 4) is 17.0 Å². The van der Waals surface area contributed by atoms with E-state index in [-0.39, 0.29) is 5.56 Å². The predicted molar refractivity (Wildman–Crippen MR) is 83.4 cm³/mol. The van der Waals surface area contributed by atoms with E-state index in [0.717, 1.165) is 23.4 Å². The number of ether oxygens (including phenoxy) is 1. The van der Waals surface area contributed by atoms with E-state index in [1.807, 2.05) is 30.3 Å². The summed E-state index contributed by atoms with van der Waals surface area (Å²) < 4.78 is 5.21. The third-order valence-electron chi connectivity index (χ3n) is 3.50. The number of methoxy groups -OCH3 is 1. The maximum atomic E-state index is 11.8. The number of benzene rings is 1. The van der Waals surface area contributed by atoms with Crippen molar-refractivity contribution in [2.24, 2.45) is 0 Å². The first-order chi connectivity index (χ1) is 10.1. The molecular formula is C16H21N3O2. The van der Waals surface area contributed by atoms with Gasteiger partial charge in [0, 0.05) is 23.7 Å². The molecule has 1 aromatic carbocycles. The number of rotatable bonds is 6. The van der Waals surface area contributed by atoms with Crippen LogP contribution in [0.1, 0.15) is 25.8 Å². The lowest BCUT2D eigenvalue weighted by Gasteiger charge is -2.11. The molecule has 5 heteroatoms. The van der Waals surface area contributed by atoms with Crippen molar-refractivity contribution in [2.75, 3.05) is 7.11 Å². The van der Waals surface area contributed by atoms with Gasteiger partial charge >= 0.3 is 0 Å². The molecule has 0 bridgehead atoms. The van der Waals surface area contributed by atoms with Gasteiger partial charge in [-0.05, 0) is 31.5 Å². The maximum Gasteiger partial charge on any atom is 0.268 e. The van der Waals surface area contributed by atoms with Crippen LogP contribution in [0.4, 0.5) is 0 Å². The molecule has 112 valence electrons. The van der Waals surface area contributed by atoms with Crippen LogP contribution in [-0.4, -0.2) is 23.3 Å². The van der Waals surface area contributed by atoms with Crippen LogP contribution in [0, 0.1) is 0 Å². The standard InChI is InChI=1S/C16H21N3O2/c1-4-11(2)17-10-13-9-15(18-19-16(13)20)12-6-5-7-14(8-12)21-3/h5-9,11,17H,4,10H2,1-3H3,(H,19,20). The first-order valence-electron chi connectivity index (χ1n) is 7.10. The number of nitrogens with zero attached hydrogens (tertiary/aromatic N) is 1. The second kappa shape index (κ2) is 7.04. The first kappa shape index (κ1) is 15.3. The van der Waals surface area contributed by atoms with E-state index < -0.39 is 0 Å². The highest BCUT2D eigenvalue weighted by atomic mass is 16.5. The smallest absolute Gasteiger partial charge is 0.268 e. The van der Waals surface area contributed by atoms with Gasteiger partial charge in [-0.25, -0.2) is 5.10 Å². The molecule has 2 aromatic rings. The maximum absolute atomic E-state index is 11.8. The first-order valence-corrected chi connectivity index (χ1v) is 7.10. The van der Waals surface area contributed by atoms with Crippen LogP contribution in [0.3, 0.4) is 0 Å². The minimum absolute atomic E-state index is 0.155. The summed E-state index contributed by atoms with van der Waals surface area (Å²) >= 11 is 0. The van der Waals surface area contributed by atoms with Crippen LogP contribution >= 0.6 is 0 Å². The molecular weight excluding hydrogens is 266 g/mol. The van der Waals surface area contributed by atoms with Gasteiger partial charge in [-0.1, -0.05) is 19.1 Å². The third-order valence-corrected chi connectivity index (χ3v) is 3.50. The van der Waals surface area contributed by atoms with Crippen molar-refractivity contribution in [3.63, 3.8) is 0 Å². The molecule has 1 heterocycles. The van der Waals surface area contributed by atoms with Gasteiger partial charge in [-0.15, -0.1) is 0 Å². The second-order valence-electron chi connectivity index (χ2n) is 5.03. The fourth-order valence-electron chi connectivity index (χ4n) is 1.94. The molecule has 2 rings (SSSR count). The zero-order chi connectivity index (χ0) is 15.2. The summed E-state index contributed by atoms with van der Waals surface area (Å²) in [7, 11) is 1.63. The normalized spacial score (nSPS) is 12.1. The van der Waals surface area contributed by atoms with Gasteiger partial charge in [0.15, 0.2) is 0 Å². The van der Waals surface area contributed by atoms with Crippen molar-refractivity contribution < 1.29 is 4.74 Å². The molecule has 1 aromatic heterocycles. The van der Waals surface area contributed by atoms with Gasteiger partial charge in [0.25, 0.3) is 5.56 Å². The Balaban J connectivity index is 2.27. The number of aromatic nitrogens is 2. The summed E-state index contributed by atoms with van der Waals surface area (Å²) in [5.41, 5.74) is 2.17. The summed E-state index contributed by atoms with van der Waals surface area (Å²) in [4.78, 5) is 11.8. The Bertz CT molecular complexity index is 652. The van der Waals surface area contributed by atoms with Gasteiger partial charge in [0.05, 0.1) is 12.8 Å². The highest BCUT2D eigenvalue weighted by Gasteiger charge is 2.07. The van der Waals surface area contributed by atoms with E-state index in [0.29, 0.717) is 18.2 Å². The summed E-state index contributed by atoms with van der Waals surface area (Å²) in [5.74, 6) is 0.764. The third kappa shape index (κ3) is 3.92. The second-order valence-corrected chi connectivity index (χ2v) is 5.03. The van der Waals surface area contributed by atoms with Crippen LogP contribution in [-0.2, 0) is 6.54 Å². The van der Waals surface area contributed by atoms with Crippen molar-refractivity contribution in [1.82, 2.24) is 15.5 Å². The fourth-order valence-corrected chi connectivity index (χ4v) is 1.94. The van der Waals surface area contributed by atoms with Crippen LogP contribution in [0.2, 0.25) is 0 Å². The summed E-state index contributed by atoms with van der Waals surface area (Å²) in [5, 5.41) is 9.99. The van der Waals surface area contributed by atoms with Gasteiger partial charge in [0.2, 0.25) is 0 Å². The van der Waals surface area contributed by atoms with E-state index in [2.05, 4.69) is 29.4 Å². The van der Waals surface area contributed by atoms with Crippen molar-refractivity contribution in [1.29, 1.82) is 0 Å². The molecule has 0 saturated carbocycles. The highest BCUT2D eigenvalue weighted by Crippen LogP contribution is 2.21. The Morgan fingerprint density at radius 3 is 2.90 bits per heavy atom. The van der Waals surface area contributed by atoms with Gasteiger partial charge in [-0.2, -0.15) is 5.10 Å². The quantitative estimate of drug-likeness (QED) is 0.855. The monoisotopic (exact) mass is 287 g/mol. The van der Waals surface area contributed by atoms with Gasteiger partial charge in [0.1, 0.15) is 5.75 Å². The fraction of sp³-hybridized carbons (Fsp3) is 0.375. The average molecular weight is 287 g/mol. The Morgan fingerprint density at radius 1 is 1.38 bits per heavy atom. The molecule has 0 spiro atoms. The zero-order valence-corrected chi connectivity index (χ0v) is 12.6. The SMILES string of the molecule is CCC(C)NCc1cc(-c2cccc(OC)c2)n[nH]c1=O. The van der Waals surface area contributed by atoms with Crippen LogP contribution < -0.4 is 15.6 Å². The summed E-state index contributed by atoms with van der Waals surface area (Å²) in [6, 6.07) is 9.81. The van der Waals surface area contributed by atoms with Crippen LogP contribution in [0.15, 0.2) is 35.1 Å². The van der Waals surface area contributed by atoms with Crippen molar-refractivity contribution in [3.05, 3.63) is 46.2 Å². The number of nitrogens with one attached hydrogen (secondary N) is 2. The molecule has 1 atom stereocenters. The van der Waals surface area contributed by atoms with Gasteiger partial charge in [-0.3, -0.25) is 4.79 Å². The predicted octanol–water partition coefficient (Wildman–Crippen LogP) is 2.33. The minimum Gasteiger partial charge on any atom is -0.497 e. The summed E-state index contributed by atoms with van der Waals surface area (Å²) in [6.45, 7) is 4.73. The zero-order valence-electron chi connectivity index (χ0n) is 12.6. The molecule has 1 unspecified atom stereocenters. The van der Waals surface area contributed by atoms with Crippen LogP contribution in [0.5, 0.6) is 5.75 Å². The molecule has 0 aliphatic rings. The molecule has 0 saturated heterocycles. The van der Waals surface area contributed by atoms with E-state index in [1.165, 1.54) is 0 Å². The lowest BCUT2D eigenvalue weighted by Crippen LogP contribution is -2.28. The molecule has 0 radical (unpaired) electrons. The Morgan fingerprint density at radius 2 is 2.19 bits per heavy atom. The van der Waals surface area contributed by atoms with E-state index in [1.54, 1.807) is 7.11 Å². The number of hydrogen-bond acceptors (Lipinski definition) is 4. The van der Waals surface area contributed by atoms with Crippen molar-refractivity contribution >= 4 is 0 Å². The topological polar surface area (TPSA) is 67.0 Å². The molecule has 0 aliphatic carbocycles. The number of aromatic amines is 1.